The highest BCUT2D eigenvalue weighted by Gasteiger charge is 2.15. The van der Waals surface area contributed by atoms with E-state index in [1.54, 1.807) is 24.5 Å². The maximum absolute atomic E-state index is 13.2. The molecule has 8 nitrogen and oxygen atoms in total. The number of nitrogens with one attached hydrogen (secondary N) is 1. The van der Waals surface area contributed by atoms with Crippen LogP contribution in [0.15, 0.2) is 59.1 Å². The maximum Gasteiger partial charge on any atom is 0.407 e. The summed E-state index contributed by atoms with van der Waals surface area (Å²) in [6.45, 7) is 6.56. The van der Waals surface area contributed by atoms with Crippen molar-refractivity contribution in [3.8, 4) is 0 Å². The predicted octanol–water partition coefficient (Wildman–Crippen LogP) is 4.36. The largest absolute Gasteiger partial charge is 0.444 e. The standard InChI is InChI=1S/C25H30FN5O3S/c1-25(2,3)34-24(33)29-10-4-5-11-31-15-20(12-19-13-27-17-28-14-19)22(32)30-23(31)35-16-18-6-8-21(26)9-7-18/h6-9,13-15,17H,4-5,10-12,16H2,1-3H3,(H,29,33). The van der Waals surface area contributed by atoms with Crippen molar-refractivity contribution >= 4 is 17.9 Å². The fraction of sp³-hybridized carbons (Fsp3) is 0.400. The molecule has 2 aromatic heterocycles. The molecule has 0 bridgehead atoms. The van der Waals surface area contributed by atoms with Crippen molar-refractivity contribution in [3.63, 3.8) is 0 Å². The third-order valence-corrected chi connectivity index (χ3v) is 5.87. The number of amides is 1. The first-order chi connectivity index (χ1) is 16.7. The van der Waals surface area contributed by atoms with Gasteiger partial charge in [-0.05, 0) is 56.9 Å². The highest BCUT2D eigenvalue weighted by molar-refractivity contribution is 7.98. The monoisotopic (exact) mass is 499 g/mol. The second kappa shape index (κ2) is 12.4. The van der Waals surface area contributed by atoms with Crippen molar-refractivity contribution in [1.29, 1.82) is 0 Å². The van der Waals surface area contributed by atoms with Crippen LogP contribution in [-0.2, 0) is 23.5 Å². The predicted molar refractivity (Wildman–Crippen MR) is 133 cm³/mol. The van der Waals surface area contributed by atoms with Gasteiger partial charge in [0.25, 0.3) is 5.56 Å². The Labute approximate surface area is 208 Å². The maximum atomic E-state index is 13.2. The van der Waals surface area contributed by atoms with E-state index in [1.165, 1.54) is 30.2 Å². The summed E-state index contributed by atoms with van der Waals surface area (Å²) >= 11 is 1.43. The summed E-state index contributed by atoms with van der Waals surface area (Å²) in [4.78, 5) is 36.9. The molecule has 0 aliphatic carbocycles. The molecule has 0 spiro atoms. The number of benzene rings is 1. The molecule has 186 valence electrons. The second-order valence-electron chi connectivity index (χ2n) is 9.02. The van der Waals surface area contributed by atoms with Crippen LogP contribution in [0.2, 0.25) is 0 Å². The number of halogens is 1. The van der Waals surface area contributed by atoms with Crippen LogP contribution in [-0.4, -0.2) is 37.8 Å². The number of aryl methyl sites for hydroxylation is 1. The average Bonchev–Trinajstić information content (AvgIpc) is 2.80. The number of hydrogen-bond donors (Lipinski definition) is 1. The van der Waals surface area contributed by atoms with Gasteiger partial charge in [0.05, 0.1) is 0 Å². The lowest BCUT2D eigenvalue weighted by Crippen LogP contribution is -2.33. The number of thioether (sulfide) groups is 1. The van der Waals surface area contributed by atoms with E-state index in [2.05, 4.69) is 20.3 Å². The summed E-state index contributed by atoms with van der Waals surface area (Å²) < 4.78 is 20.4. The molecule has 3 rings (SSSR count). The molecule has 0 aliphatic rings. The first-order valence-corrected chi connectivity index (χ1v) is 12.4. The number of carbonyl (C=O) groups is 1. The van der Waals surface area contributed by atoms with Gasteiger partial charge in [-0.15, -0.1) is 0 Å². The minimum atomic E-state index is -0.539. The quantitative estimate of drug-likeness (QED) is 0.251. The van der Waals surface area contributed by atoms with Gasteiger partial charge in [-0.25, -0.2) is 19.2 Å². The van der Waals surface area contributed by atoms with Gasteiger partial charge in [0.1, 0.15) is 17.7 Å². The van der Waals surface area contributed by atoms with Crippen LogP contribution in [0.4, 0.5) is 9.18 Å². The van der Waals surface area contributed by atoms with E-state index in [1.807, 2.05) is 31.5 Å². The van der Waals surface area contributed by atoms with Gasteiger partial charge in [-0.1, -0.05) is 23.9 Å². The van der Waals surface area contributed by atoms with Crippen LogP contribution in [0.3, 0.4) is 0 Å². The smallest absolute Gasteiger partial charge is 0.407 e. The molecule has 0 aliphatic heterocycles. The Kier molecular flexibility index (Phi) is 9.36. The second-order valence-corrected chi connectivity index (χ2v) is 9.96. The van der Waals surface area contributed by atoms with Crippen LogP contribution < -0.4 is 10.9 Å². The molecule has 1 N–H and O–H groups in total. The van der Waals surface area contributed by atoms with E-state index in [0.717, 1.165) is 24.0 Å². The van der Waals surface area contributed by atoms with Gasteiger partial charge >= 0.3 is 6.09 Å². The minimum absolute atomic E-state index is 0.289. The minimum Gasteiger partial charge on any atom is -0.444 e. The zero-order valence-corrected chi connectivity index (χ0v) is 21.0. The Morgan fingerprint density at radius 3 is 2.51 bits per heavy atom. The van der Waals surface area contributed by atoms with E-state index in [-0.39, 0.29) is 11.4 Å². The molecule has 0 saturated carbocycles. The van der Waals surface area contributed by atoms with Gasteiger partial charge in [0.15, 0.2) is 5.16 Å². The van der Waals surface area contributed by atoms with Gasteiger partial charge in [-0.2, -0.15) is 4.98 Å². The third-order valence-electron chi connectivity index (χ3n) is 4.81. The molecule has 1 amide bonds. The zero-order chi connectivity index (χ0) is 25.3. The summed E-state index contributed by atoms with van der Waals surface area (Å²) in [6.07, 6.45) is 8.07. The van der Waals surface area contributed by atoms with Crippen LogP contribution in [0.25, 0.3) is 0 Å². The SMILES string of the molecule is CC(C)(C)OC(=O)NCCCCn1cc(Cc2cncnc2)c(=O)nc1SCc1ccc(F)cc1. The molecule has 0 unspecified atom stereocenters. The summed E-state index contributed by atoms with van der Waals surface area (Å²) in [7, 11) is 0. The Hall–Kier alpha value is -3.27. The van der Waals surface area contributed by atoms with E-state index >= 15 is 0 Å². The molecule has 0 radical (unpaired) electrons. The van der Waals surface area contributed by atoms with E-state index in [0.29, 0.717) is 36.0 Å². The Bertz CT molecular complexity index is 1160. The topological polar surface area (TPSA) is 99.0 Å². The van der Waals surface area contributed by atoms with Gasteiger partial charge in [-0.3, -0.25) is 4.79 Å². The van der Waals surface area contributed by atoms with Crippen molar-refractivity contribution in [3.05, 3.63) is 82.0 Å². The highest BCUT2D eigenvalue weighted by Crippen LogP contribution is 2.21. The van der Waals surface area contributed by atoms with Crippen LogP contribution in [0.5, 0.6) is 0 Å². The van der Waals surface area contributed by atoms with Gasteiger partial charge in [0.2, 0.25) is 0 Å². The summed E-state index contributed by atoms with van der Waals surface area (Å²) in [5.74, 6) is 0.265. The number of alkyl carbamates (subject to hydrolysis) is 1. The Morgan fingerprint density at radius 2 is 1.83 bits per heavy atom. The Morgan fingerprint density at radius 1 is 1.11 bits per heavy atom. The molecular formula is C25H30FN5O3S. The molecule has 2 heterocycles. The van der Waals surface area contributed by atoms with E-state index in [4.69, 9.17) is 4.74 Å². The third kappa shape index (κ3) is 9.12. The fourth-order valence-electron chi connectivity index (χ4n) is 3.20. The van der Waals surface area contributed by atoms with Crippen molar-refractivity contribution in [2.75, 3.05) is 6.54 Å². The lowest BCUT2D eigenvalue weighted by molar-refractivity contribution is 0.0527. The molecule has 35 heavy (non-hydrogen) atoms. The number of rotatable bonds is 10. The summed E-state index contributed by atoms with van der Waals surface area (Å²) in [5.41, 5.74) is 1.48. The first kappa shape index (κ1) is 26.3. The van der Waals surface area contributed by atoms with Crippen LogP contribution >= 0.6 is 11.8 Å². The summed E-state index contributed by atoms with van der Waals surface area (Å²) in [5, 5.41) is 3.35. The lowest BCUT2D eigenvalue weighted by atomic mass is 10.1. The van der Waals surface area contributed by atoms with Crippen LogP contribution in [0, 0.1) is 5.82 Å². The molecule has 0 atom stereocenters. The number of aromatic nitrogens is 4. The lowest BCUT2D eigenvalue weighted by Gasteiger charge is -2.19. The molecule has 3 aromatic rings. The van der Waals surface area contributed by atoms with Crippen molar-refractivity contribution in [2.24, 2.45) is 0 Å². The molecule has 1 aromatic carbocycles. The number of ether oxygens (including phenoxy) is 1. The van der Waals surface area contributed by atoms with Gasteiger partial charge < -0.3 is 14.6 Å². The van der Waals surface area contributed by atoms with Crippen molar-refractivity contribution in [1.82, 2.24) is 24.8 Å². The normalized spacial score (nSPS) is 11.3. The summed E-state index contributed by atoms with van der Waals surface area (Å²) in [6, 6.07) is 6.27. The number of unbranched alkanes of at least 4 members (excludes halogenated alkanes) is 1. The number of hydrogen-bond acceptors (Lipinski definition) is 7. The molecule has 10 heteroatoms. The highest BCUT2D eigenvalue weighted by atomic mass is 32.2. The zero-order valence-electron chi connectivity index (χ0n) is 20.2. The Balaban J connectivity index is 1.67. The van der Waals surface area contributed by atoms with Crippen LogP contribution in [0.1, 0.15) is 50.3 Å². The van der Waals surface area contributed by atoms with E-state index in [9.17, 15) is 14.0 Å². The first-order valence-electron chi connectivity index (χ1n) is 11.4. The van der Waals surface area contributed by atoms with Gasteiger partial charge in [0, 0.05) is 49.4 Å². The van der Waals surface area contributed by atoms with E-state index < -0.39 is 11.7 Å². The molecule has 0 saturated heterocycles. The number of nitrogens with zero attached hydrogens (tertiary/aromatic N) is 4. The van der Waals surface area contributed by atoms with Crippen molar-refractivity contribution in [2.45, 2.75) is 63.1 Å². The molecular weight excluding hydrogens is 469 g/mol. The number of carbonyl (C=O) groups excluding carboxylic acids is 1. The van der Waals surface area contributed by atoms with Crippen molar-refractivity contribution < 1.29 is 13.9 Å². The fourth-order valence-corrected chi connectivity index (χ4v) is 4.15. The molecule has 0 fully saturated rings. The average molecular weight is 500 g/mol.